The SMILES string of the molecule is CCc1sc(-c2cncc(F)c2)nc1Br. The molecule has 0 fully saturated rings. The third kappa shape index (κ3) is 2.23. The molecule has 5 heteroatoms. The van der Waals surface area contributed by atoms with Crippen molar-refractivity contribution < 1.29 is 4.39 Å². The van der Waals surface area contributed by atoms with Crippen molar-refractivity contribution in [2.75, 3.05) is 0 Å². The van der Waals surface area contributed by atoms with Crippen LogP contribution in [0.25, 0.3) is 10.6 Å². The number of aryl methyl sites for hydroxylation is 1. The molecular weight excluding hydrogens is 279 g/mol. The van der Waals surface area contributed by atoms with Gasteiger partial charge in [0.15, 0.2) is 0 Å². The van der Waals surface area contributed by atoms with Crippen LogP contribution in [-0.4, -0.2) is 9.97 Å². The molecule has 0 atom stereocenters. The molecule has 15 heavy (non-hydrogen) atoms. The fraction of sp³-hybridized carbons (Fsp3) is 0.200. The molecule has 2 aromatic rings. The first kappa shape index (κ1) is 10.7. The topological polar surface area (TPSA) is 25.8 Å². The molecule has 2 heterocycles. The number of hydrogen-bond acceptors (Lipinski definition) is 3. The zero-order valence-electron chi connectivity index (χ0n) is 8.00. The van der Waals surface area contributed by atoms with Gasteiger partial charge < -0.3 is 0 Å². The van der Waals surface area contributed by atoms with Gasteiger partial charge in [-0.25, -0.2) is 9.37 Å². The molecule has 78 valence electrons. The summed E-state index contributed by atoms with van der Waals surface area (Å²) < 4.78 is 13.8. The smallest absolute Gasteiger partial charge is 0.142 e. The summed E-state index contributed by atoms with van der Waals surface area (Å²) in [4.78, 5) is 9.28. The number of nitrogens with zero attached hydrogens (tertiary/aromatic N) is 2. The quantitative estimate of drug-likeness (QED) is 0.842. The molecule has 0 spiro atoms. The number of hydrogen-bond donors (Lipinski definition) is 0. The van der Waals surface area contributed by atoms with E-state index in [1.54, 1.807) is 17.5 Å². The Morgan fingerprint density at radius 2 is 2.27 bits per heavy atom. The Labute approximate surface area is 99.3 Å². The molecule has 0 saturated heterocycles. The Balaban J connectivity index is 2.45. The lowest BCUT2D eigenvalue weighted by Gasteiger charge is -1.93. The molecule has 0 saturated carbocycles. The van der Waals surface area contributed by atoms with Crippen molar-refractivity contribution in [3.05, 3.63) is 33.8 Å². The molecule has 0 bridgehead atoms. The summed E-state index contributed by atoms with van der Waals surface area (Å²) in [5.41, 5.74) is 0.723. The fourth-order valence-electron chi connectivity index (χ4n) is 1.20. The third-order valence-corrected chi connectivity index (χ3v) is 4.09. The van der Waals surface area contributed by atoms with Gasteiger partial charge in [0.1, 0.15) is 15.4 Å². The van der Waals surface area contributed by atoms with E-state index >= 15 is 0 Å². The third-order valence-electron chi connectivity index (χ3n) is 1.92. The highest BCUT2D eigenvalue weighted by Crippen LogP contribution is 2.31. The molecule has 2 aromatic heterocycles. The number of pyridine rings is 1. The number of thiazole rings is 1. The van der Waals surface area contributed by atoms with Crippen LogP contribution in [0.1, 0.15) is 11.8 Å². The van der Waals surface area contributed by atoms with E-state index in [2.05, 4.69) is 32.8 Å². The molecular formula is C10H8BrFN2S. The number of halogens is 2. The minimum Gasteiger partial charge on any atom is -0.261 e. The Bertz CT molecular complexity index is 484. The molecule has 2 nitrogen and oxygen atoms in total. The van der Waals surface area contributed by atoms with Gasteiger partial charge >= 0.3 is 0 Å². The van der Waals surface area contributed by atoms with Crippen molar-refractivity contribution >= 4 is 27.3 Å². The maximum Gasteiger partial charge on any atom is 0.142 e. The zero-order chi connectivity index (χ0) is 10.8. The maximum absolute atomic E-state index is 12.9. The first-order chi connectivity index (χ1) is 7.20. The second kappa shape index (κ2) is 4.37. The lowest BCUT2D eigenvalue weighted by Crippen LogP contribution is -1.81. The fourth-order valence-corrected chi connectivity index (χ4v) is 2.90. The Morgan fingerprint density at radius 3 is 2.87 bits per heavy atom. The lowest BCUT2D eigenvalue weighted by molar-refractivity contribution is 0.622. The minimum absolute atomic E-state index is 0.336. The largest absolute Gasteiger partial charge is 0.261 e. The Kier molecular flexibility index (Phi) is 3.11. The number of aromatic nitrogens is 2. The van der Waals surface area contributed by atoms with Crippen LogP contribution in [0.15, 0.2) is 23.1 Å². The predicted octanol–water partition coefficient (Wildman–Crippen LogP) is 3.67. The maximum atomic E-state index is 12.9. The van der Waals surface area contributed by atoms with Crippen molar-refractivity contribution in [1.29, 1.82) is 0 Å². The van der Waals surface area contributed by atoms with E-state index in [-0.39, 0.29) is 5.82 Å². The monoisotopic (exact) mass is 286 g/mol. The van der Waals surface area contributed by atoms with Crippen molar-refractivity contribution in [1.82, 2.24) is 9.97 Å². The van der Waals surface area contributed by atoms with Crippen LogP contribution in [-0.2, 0) is 6.42 Å². The molecule has 0 aliphatic heterocycles. The van der Waals surface area contributed by atoms with E-state index in [9.17, 15) is 4.39 Å². The summed E-state index contributed by atoms with van der Waals surface area (Å²) in [5.74, 6) is -0.336. The summed E-state index contributed by atoms with van der Waals surface area (Å²) in [7, 11) is 0. The highest BCUT2D eigenvalue weighted by atomic mass is 79.9. The summed E-state index contributed by atoms with van der Waals surface area (Å²) >= 11 is 4.93. The second-order valence-electron chi connectivity index (χ2n) is 2.98. The van der Waals surface area contributed by atoms with Gasteiger partial charge in [-0.2, -0.15) is 0 Å². The van der Waals surface area contributed by atoms with Crippen molar-refractivity contribution in [2.45, 2.75) is 13.3 Å². The van der Waals surface area contributed by atoms with E-state index in [4.69, 9.17) is 0 Å². The minimum atomic E-state index is -0.336. The molecule has 0 radical (unpaired) electrons. The molecule has 0 aliphatic carbocycles. The van der Waals surface area contributed by atoms with E-state index in [1.807, 2.05) is 0 Å². The van der Waals surface area contributed by atoms with Gasteiger partial charge in [-0.1, -0.05) is 6.92 Å². The van der Waals surface area contributed by atoms with Crippen LogP contribution in [0.3, 0.4) is 0 Å². The van der Waals surface area contributed by atoms with Crippen LogP contribution in [0.5, 0.6) is 0 Å². The first-order valence-corrected chi connectivity index (χ1v) is 6.07. The first-order valence-electron chi connectivity index (χ1n) is 4.47. The molecule has 0 aliphatic rings. The van der Waals surface area contributed by atoms with Crippen molar-refractivity contribution in [2.24, 2.45) is 0 Å². The highest BCUT2D eigenvalue weighted by Gasteiger charge is 2.09. The van der Waals surface area contributed by atoms with E-state index in [0.717, 1.165) is 26.5 Å². The van der Waals surface area contributed by atoms with Gasteiger partial charge in [-0.05, 0) is 28.4 Å². The van der Waals surface area contributed by atoms with Gasteiger partial charge in [-0.3, -0.25) is 4.98 Å². The average molecular weight is 287 g/mol. The highest BCUT2D eigenvalue weighted by molar-refractivity contribution is 9.10. The molecule has 2 rings (SSSR count). The molecule has 0 amide bonds. The predicted molar refractivity (Wildman–Crippen MR) is 62.4 cm³/mol. The van der Waals surface area contributed by atoms with Gasteiger partial charge in [0.2, 0.25) is 0 Å². The summed E-state index contributed by atoms with van der Waals surface area (Å²) in [5, 5.41) is 0.797. The molecule has 0 aromatic carbocycles. The van der Waals surface area contributed by atoms with E-state index in [1.165, 1.54) is 12.3 Å². The average Bonchev–Trinajstić information content (AvgIpc) is 2.60. The van der Waals surface area contributed by atoms with Crippen LogP contribution in [0.4, 0.5) is 4.39 Å². The molecule has 0 unspecified atom stereocenters. The Hall–Kier alpha value is -0.810. The van der Waals surface area contributed by atoms with Crippen LogP contribution < -0.4 is 0 Å². The normalized spacial score (nSPS) is 10.6. The van der Waals surface area contributed by atoms with E-state index in [0.29, 0.717) is 0 Å². The Morgan fingerprint density at radius 1 is 1.47 bits per heavy atom. The van der Waals surface area contributed by atoms with E-state index < -0.39 is 0 Å². The van der Waals surface area contributed by atoms with Gasteiger partial charge in [0.25, 0.3) is 0 Å². The van der Waals surface area contributed by atoms with Crippen LogP contribution >= 0.6 is 27.3 Å². The summed E-state index contributed by atoms with van der Waals surface area (Å²) in [6.07, 6.45) is 3.72. The van der Waals surface area contributed by atoms with Gasteiger partial charge in [0.05, 0.1) is 6.20 Å². The lowest BCUT2D eigenvalue weighted by atomic mass is 10.3. The number of rotatable bonds is 2. The van der Waals surface area contributed by atoms with Crippen molar-refractivity contribution in [3.8, 4) is 10.6 Å². The van der Waals surface area contributed by atoms with Crippen LogP contribution in [0.2, 0.25) is 0 Å². The van der Waals surface area contributed by atoms with Crippen LogP contribution in [0, 0.1) is 5.82 Å². The van der Waals surface area contributed by atoms with Gasteiger partial charge in [-0.15, -0.1) is 11.3 Å². The van der Waals surface area contributed by atoms with Crippen molar-refractivity contribution in [3.63, 3.8) is 0 Å². The molecule has 0 N–H and O–H groups in total. The van der Waals surface area contributed by atoms with Gasteiger partial charge in [0, 0.05) is 16.6 Å². The second-order valence-corrected chi connectivity index (χ2v) is 4.81. The summed E-state index contributed by atoms with van der Waals surface area (Å²) in [6.45, 7) is 2.06. The standard InChI is InChI=1S/C10H8BrFN2S/c1-2-8-9(11)14-10(15-8)6-3-7(12)5-13-4-6/h3-5H,2H2,1H3. The summed E-state index contributed by atoms with van der Waals surface area (Å²) in [6, 6.07) is 1.44. The zero-order valence-corrected chi connectivity index (χ0v) is 10.4.